The van der Waals surface area contributed by atoms with E-state index in [4.69, 9.17) is 19.4 Å². The number of phosphoric acid groups is 2. The smallest absolute Gasteiger partial charge is 0.462 e. The van der Waals surface area contributed by atoms with Gasteiger partial charge >= 0.3 is 21.6 Å². The molecular weight excluding hydrogens is 398 g/mol. The van der Waals surface area contributed by atoms with E-state index in [1.54, 1.807) is 6.92 Å². The van der Waals surface area contributed by atoms with Crippen LogP contribution in [-0.2, 0) is 27.5 Å². The highest BCUT2D eigenvalue weighted by Crippen LogP contribution is 2.57. The zero-order valence-corrected chi connectivity index (χ0v) is 17.7. The van der Waals surface area contributed by atoms with Gasteiger partial charge in [-0.2, -0.15) is 4.31 Å². The topological polar surface area (TPSA) is 140 Å². The van der Waals surface area contributed by atoms with E-state index in [1.807, 2.05) is 0 Å². The lowest BCUT2D eigenvalue weighted by molar-refractivity contribution is -0.139. The highest BCUT2D eigenvalue weighted by molar-refractivity contribution is 7.60. The molecule has 1 unspecified atom stereocenters. The van der Waals surface area contributed by atoms with E-state index in [-0.39, 0.29) is 12.6 Å². The molecule has 0 saturated heterocycles. The first-order valence-electron chi connectivity index (χ1n) is 9.10. The number of rotatable bonds is 17. The van der Waals surface area contributed by atoms with Crippen LogP contribution >= 0.6 is 15.6 Å². The van der Waals surface area contributed by atoms with E-state index in [0.29, 0.717) is 18.6 Å². The van der Waals surface area contributed by atoms with Gasteiger partial charge in [-0.15, -0.1) is 0 Å². The molecule has 0 aromatic rings. The van der Waals surface area contributed by atoms with Crippen molar-refractivity contribution in [2.45, 2.75) is 71.1 Å². The predicted molar refractivity (Wildman–Crippen MR) is 101 cm³/mol. The Balaban J connectivity index is 3.37. The van der Waals surface area contributed by atoms with E-state index in [0.717, 1.165) is 57.8 Å². The second-order valence-corrected chi connectivity index (χ2v) is 9.16. The molecule has 0 aromatic carbocycles. The van der Waals surface area contributed by atoms with Crippen molar-refractivity contribution in [2.75, 3.05) is 13.2 Å². The molecule has 27 heavy (non-hydrogen) atoms. The summed E-state index contributed by atoms with van der Waals surface area (Å²) in [5, 5.41) is 0. The lowest BCUT2D eigenvalue weighted by Gasteiger charge is -2.12. The Morgan fingerprint density at radius 2 is 1.22 bits per heavy atom. The van der Waals surface area contributed by atoms with Crippen molar-refractivity contribution in [3.05, 3.63) is 12.2 Å². The lowest BCUT2D eigenvalue weighted by atomic mass is 10.1. The quantitative estimate of drug-likeness (QED) is 0.134. The minimum Gasteiger partial charge on any atom is -0.462 e. The minimum absolute atomic E-state index is 0.0935. The van der Waals surface area contributed by atoms with E-state index in [1.165, 1.54) is 0 Å². The lowest BCUT2D eigenvalue weighted by Crippen LogP contribution is -2.05. The number of hydrogen-bond acceptors (Lipinski definition) is 6. The largest absolute Gasteiger partial charge is 0.481 e. The molecule has 0 fully saturated rings. The number of ether oxygens (including phenoxy) is 1. The van der Waals surface area contributed by atoms with Crippen LogP contribution in [0, 0.1) is 0 Å². The first-order valence-corrected chi connectivity index (χ1v) is 12.1. The van der Waals surface area contributed by atoms with Crippen LogP contribution in [0.1, 0.15) is 71.1 Å². The molecule has 11 heteroatoms. The van der Waals surface area contributed by atoms with Gasteiger partial charge in [0.25, 0.3) is 0 Å². The van der Waals surface area contributed by atoms with Gasteiger partial charge in [0, 0.05) is 5.57 Å². The molecule has 0 aliphatic carbocycles. The molecule has 0 heterocycles. The normalized spacial score (nSPS) is 13.9. The van der Waals surface area contributed by atoms with Crippen LogP contribution in [0.4, 0.5) is 0 Å². The van der Waals surface area contributed by atoms with Crippen LogP contribution < -0.4 is 0 Å². The first-order chi connectivity index (χ1) is 12.5. The standard InChI is InChI=1S/C16H32O9P2/c1-15(2)16(17)23-13-11-9-7-5-3-4-6-8-10-12-14-24-27(21,22)25-26(18,19)20/h1,3-14H2,2H3,(H,21,22)(H2,18,19,20). The molecule has 0 bridgehead atoms. The van der Waals surface area contributed by atoms with Gasteiger partial charge in [-0.25, -0.2) is 13.9 Å². The van der Waals surface area contributed by atoms with E-state index in [9.17, 15) is 13.9 Å². The van der Waals surface area contributed by atoms with Gasteiger partial charge in [0.1, 0.15) is 0 Å². The van der Waals surface area contributed by atoms with Gasteiger partial charge in [0.2, 0.25) is 0 Å². The van der Waals surface area contributed by atoms with Crippen LogP contribution in [-0.4, -0.2) is 33.9 Å². The third kappa shape index (κ3) is 18.6. The zero-order valence-electron chi connectivity index (χ0n) is 15.9. The van der Waals surface area contributed by atoms with Crippen molar-refractivity contribution in [2.24, 2.45) is 0 Å². The number of unbranched alkanes of at least 4 members (excludes halogenated alkanes) is 9. The van der Waals surface area contributed by atoms with Gasteiger partial charge in [0.15, 0.2) is 0 Å². The average molecular weight is 430 g/mol. The number of esters is 1. The van der Waals surface area contributed by atoms with Crippen molar-refractivity contribution in [1.29, 1.82) is 0 Å². The summed E-state index contributed by atoms with van der Waals surface area (Å²) in [5.41, 5.74) is 0.418. The maximum atomic E-state index is 11.2. The van der Waals surface area contributed by atoms with Gasteiger partial charge in [-0.05, 0) is 19.8 Å². The SMILES string of the molecule is C=C(C)C(=O)OCCCCCCCCCCCCOP(=O)(O)OP(=O)(O)O. The minimum atomic E-state index is -5.05. The number of carbonyl (C=O) groups is 1. The molecule has 0 rings (SSSR count). The Morgan fingerprint density at radius 1 is 0.815 bits per heavy atom. The van der Waals surface area contributed by atoms with Gasteiger partial charge in [0.05, 0.1) is 13.2 Å². The molecule has 0 aliphatic rings. The maximum Gasteiger partial charge on any atom is 0.481 e. The summed E-state index contributed by atoms with van der Waals surface area (Å²) in [5.74, 6) is -0.337. The van der Waals surface area contributed by atoms with Crippen LogP contribution in [0.25, 0.3) is 0 Å². The molecule has 1 atom stereocenters. The Hall–Kier alpha value is -0.530. The summed E-state index contributed by atoms with van der Waals surface area (Å²) >= 11 is 0. The van der Waals surface area contributed by atoms with Crippen LogP contribution in [0.15, 0.2) is 12.2 Å². The Labute approximate surface area is 161 Å². The molecule has 3 N–H and O–H groups in total. The van der Waals surface area contributed by atoms with E-state index < -0.39 is 15.6 Å². The molecule has 0 aromatic heterocycles. The van der Waals surface area contributed by atoms with E-state index >= 15 is 0 Å². The van der Waals surface area contributed by atoms with Gasteiger partial charge in [-0.1, -0.05) is 57.9 Å². The molecule has 160 valence electrons. The molecule has 0 aliphatic heterocycles. The fourth-order valence-corrected chi connectivity index (χ4v) is 3.87. The summed E-state index contributed by atoms with van der Waals surface area (Å²) in [6, 6.07) is 0. The molecule has 9 nitrogen and oxygen atoms in total. The fourth-order valence-electron chi connectivity index (χ4n) is 2.24. The van der Waals surface area contributed by atoms with Crippen molar-refractivity contribution in [3.8, 4) is 0 Å². The molecule has 0 spiro atoms. The molecule has 0 amide bonds. The summed E-state index contributed by atoms with van der Waals surface area (Å²) < 4.78 is 34.8. The maximum absolute atomic E-state index is 11.2. The average Bonchev–Trinajstić information content (AvgIpc) is 2.52. The van der Waals surface area contributed by atoms with E-state index in [2.05, 4.69) is 15.4 Å². The fraction of sp³-hybridized carbons (Fsp3) is 0.812. The second kappa shape index (κ2) is 14.5. The van der Waals surface area contributed by atoms with Crippen LogP contribution in [0.3, 0.4) is 0 Å². The monoisotopic (exact) mass is 430 g/mol. The Morgan fingerprint density at radius 3 is 1.63 bits per heavy atom. The third-order valence-electron chi connectivity index (χ3n) is 3.58. The first kappa shape index (κ1) is 26.5. The highest BCUT2D eigenvalue weighted by Gasteiger charge is 2.31. The summed E-state index contributed by atoms with van der Waals surface area (Å²) in [7, 11) is -9.75. The summed E-state index contributed by atoms with van der Waals surface area (Å²) in [6.45, 7) is 5.49. The van der Waals surface area contributed by atoms with Gasteiger partial charge < -0.3 is 19.4 Å². The molecule has 0 radical (unpaired) electrons. The van der Waals surface area contributed by atoms with Crippen molar-refractivity contribution in [3.63, 3.8) is 0 Å². The second-order valence-electron chi connectivity index (χ2n) is 6.33. The third-order valence-corrected chi connectivity index (χ3v) is 5.77. The molecular formula is C16H32O9P2. The van der Waals surface area contributed by atoms with Gasteiger partial charge in [-0.3, -0.25) is 4.52 Å². The van der Waals surface area contributed by atoms with Crippen molar-refractivity contribution < 1.29 is 42.2 Å². The summed E-state index contributed by atoms with van der Waals surface area (Å²) in [6.07, 6.45) is 9.66. The van der Waals surface area contributed by atoms with Crippen molar-refractivity contribution >= 4 is 21.6 Å². The highest BCUT2D eigenvalue weighted by atomic mass is 31.3. The Kier molecular flexibility index (Phi) is 14.2. The number of phosphoric ester groups is 1. The zero-order chi connectivity index (χ0) is 20.8. The number of carbonyl (C=O) groups excluding carboxylic acids is 1. The van der Waals surface area contributed by atoms with Crippen LogP contribution in [0.5, 0.6) is 0 Å². The number of hydrogen-bond donors (Lipinski definition) is 3. The predicted octanol–water partition coefficient (Wildman–Crippen LogP) is 4.23. The summed E-state index contributed by atoms with van der Waals surface area (Å²) in [4.78, 5) is 37.1. The van der Waals surface area contributed by atoms with Crippen LogP contribution in [0.2, 0.25) is 0 Å². The Bertz CT molecular complexity index is 530. The molecule has 0 saturated carbocycles. The van der Waals surface area contributed by atoms with Crippen molar-refractivity contribution in [1.82, 2.24) is 0 Å².